The van der Waals surface area contributed by atoms with E-state index in [4.69, 9.17) is 4.98 Å². The van der Waals surface area contributed by atoms with Gasteiger partial charge in [-0.3, -0.25) is 18.5 Å². The first-order valence-corrected chi connectivity index (χ1v) is 10.8. The van der Waals surface area contributed by atoms with Gasteiger partial charge in [-0.15, -0.1) is 0 Å². The number of hydrogen-bond acceptors (Lipinski definition) is 5. The number of hydrogen-bond donors (Lipinski definition) is 1. The number of rotatable bonds is 4. The van der Waals surface area contributed by atoms with Crippen molar-refractivity contribution < 1.29 is 0 Å². The van der Waals surface area contributed by atoms with E-state index in [2.05, 4.69) is 46.6 Å². The third-order valence-corrected chi connectivity index (χ3v) is 6.13. The summed E-state index contributed by atoms with van der Waals surface area (Å²) >= 11 is 0. The van der Waals surface area contributed by atoms with Crippen molar-refractivity contribution >= 4 is 17.1 Å². The van der Waals surface area contributed by atoms with Crippen LogP contribution in [-0.4, -0.2) is 44.9 Å². The smallest absolute Gasteiger partial charge is 0.332 e. The maximum absolute atomic E-state index is 13.1. The van der Waals surface area contributed by atoms with E-state index < -0.39 is 0 Å². The third-order valence-electron chi connectivity index (χ3n) is 6.13. The Morgan fingerprint density at radius 1 is 0.875 bits per heavy atom. The molecule has 5 rings (SSSR count). The highest BCUT2D eigenvalue weighted by Crippen LogP contribution is 2.24. The van der Waals surface area contributed by atoms with Crippen LogP contribution in [0.25, 0.3) is 22.3 Å². The molecule has 0 unspecified atom stereocenters. The van der Waals surface area contributed by atoms with Crippen molar-refractivity contribution in [1.29, 1.82) is 0 Å². The molecule has 0 aliphatic carbocycles. The highest BCUT2D eigenvalue weighted by molar-refractivity contribution is 5.75. The van der Waals surface area contributed by atoms with Crippen LogP contribution in [0.3, 0.4) is 0 Å². The monoisotopic (exact) mass is 430 g/mol. The standard InChI is InChI=1S/C24H26N6O2/c1-27-21-20(22(31)28(2)24(27)32)30(23(26-21)29-14-12-25-13-15-29)16-17-8-10-19(11-9-17)18-6-4-3-5-7-18/h3-11,25H,12-16H2,1-2H3. The number of aryl methyl sites for hydroxylation is 1. The SMILES string of the molecule is Cn1c(=O)c2c(nc(N3CCNCC3)n2Cc2ccc(-c3ccccc3)cc2)n(C)c1=O. The summed E-state index contributed by atoms with van der Waals surface area (Å²) in [6, 6.07) is 18.6. The summed E-state index contributed by atoms with van der Waals surface area (Å²) in [5, 5.41) is 3.35. The van der Waals surface area contributed by atoms with Gasteiger partial charge in [-0.05, 0) is 16.7 Å². The Morgan fingerprint density at radius 2 is 1.53 bits per heavy atom. The number of anilines is 1. The van der Waals surface area contributed by atoms with Crippen LogP contribution in [-0.2, 0) is 20.6 Å². The van der Waals surface area contributed by atoms with Gasteiger partial charge in [0.15, 0.2) is 11.2 Å². The zero-order valence-corrected chi connectivity index (χ0v) is 18.3. The van der Waals surface area contributed by atoms with Crippen molar-refractivity contribution in [2.24, 2.45) is 14.1 Å². The van der Waals surface area contributed by atoms with Crippen LogP contribution in [0.5, 0.6) is 0 Å². The minimum Gasteiger partial charge on any atom is -0.340 e. The Bertz CT molecular complexity index is 1380. The molecule has 4 aromatic rings. The average molecular weight is 431 g/mol. The predicted octanol–water partition coefficient (Wildman–Crippen LogP) is 1.56. The zero-order valence-electron chi connectivity index (χ0n) is 18.3. The molecule has 0 saturated carbocycles. The summed E-state index contributed by atoms with van der Waals surface area (Å²) < 4.78 is 4.57. The first-order valence-electron chi connectivity index (χ1n) is 10.8. The lowest BCUT2D eigenvalue weighted by molar-refractivity contribution is 0.571. The first-order chi connectivity index (χ1) is 15.5. The molecule has 1 saturated heterocycles. The number of fused-ring (bicyclic) bond motifs is 1. The Morgan fingerprint density at radius 3 is 2.22 bits per heavy atom. The Kier molecular flexibility index (Phi) is 5.14. The van der Waals surface area contributed by atoms with E-state index in [-0.39, 0.29) is 11.2 Å². The van der Waals surface area contributed by atoms with Crippen LogP contribution in [0.15, 0.2) is 64.2 Å². The van der Waals surface area contributed by atoms with Gasteiger partial charge < -0.3 is 10.2 Å². The van der Waals surface area contributed by atoms with Crippen molar-refractivity contribution in [2.45, 2.75) is 6.54 Å². The highest BCUT2D eigenvalue weighted by atomic mass is 16.2. The molecule has 0 radical (unpaired) electrons. The maximum atomic E-state index is 13.1. The second-order valence-electron chi connectivity index (χ2n) is 8.18. The zero-order chi connectivity index (χ0) is 22.2. The van der Waals surface area contributed by atoms with E-state index in [0.29, 0.717) is 17.7 Å². The molecule has 1 aliphatic rings. The number of aromatic nitrogens is 4. The van der Waals surface area contributed by atoms with Crippen molar-refractivity contribution in [3.63, 3.8) is 0 Å². The lowest BCUT2D eigenvalue weighted by Crippen LogP contribution is -2.44. The summed E-state index contributed by atoms with van der Waals surface area (Å²) in [6.07, 6.45) is 0. The summed E-state index contributed by atoms with van der Waals surface area (Å²) in [7, 11) is 3.18. The van der Waals surface area contributed by atoms with E-state index in [1.807, 2.05) is 22.8 Å². The normalized spacial score (nSPS) is 14.2. The van der Waals surface area contributed by atoms with Gasteiger partial charge >= 0.3 is 5.69 Å². The molecule has 0 atom stereocenters. The van der Waals surface area contributed by atoms with Crippen molar-refractivity contribution in [3.05, 3.63) is 81.0 Å². The molecule has 1 fully saturated rings. The van der Waals surface area contributed by atoms with Crippen LogP contribution in [0.4, 0.5) is 5.95 Å². The largest absolute Gasteiger partial charge is 0.340 e. The number of imidazole rings is 1. The number of nitrogens with zero attached hydrogens (tertiary/aromatic N) is 5. The molecular formula is C24H26N6O2. The third kappa shape index (κ3) is 3.42. The average Bonchev–Trinajstić information content (AvgIpc) is 3.22. The van der Waals surface area contributed by atoms with Gasteiger partial charge in [0.25, 0.3) is 5.56 Å². The van der Waals surface area contributed by atoms with Crippen LogP contribution in [0.1, 0.15) is 5.56 Å². The summed E-state index contributed by atoms with van der Waals surface area (Å²) in [5.74, 6) is 0.729. The van der Waals surface area contributed by atoms with Crippen molar-refractivity contribution in [3.8, 4) is 11.1 Å². The van der Waals surface area contributed by atoms with Crippen LogP contribution < -0.4 is 21.5 Å². The van der Waals surface area contributed by atoms with Crippen LogP contribution in [0, 0.1) is 0 Å². The van der Waals surface area contributed by atoms with E-state index >= 15 is 0 Å². The van der Waals surface area contributed by atoms with Crippen LogP contribution >= 0.6 is 0 Å². The molecule has 2 aromatic heterocycles. The molecule has 8 nitrogen and oxygen atoms in total. The van der Waals surface area contributed by atoms with Gasteiger partial charge in [0.1, 0.15) is 0 Å². The second-order valence-corrected chi connectivity index (χ2v) is 8.18. The lowest BCUT2D eigenvalue weighted by Gasteiger charge is -2.28. The fourth-order valence-corrected chi connectivity index (χ4v) is 4.31. The second kappa shape index (κ2) is 8.12. The molecule has 164 valence electrons. The molecule has 0 amide bonds. The molecule has 8 heteroatoms. The minimum atomic E-state index is -0.369. The van der Waals surface area contributed by atoms with E-state index in [1.165, 1.54) is 11.6 Å². The van der Waals surface area contributed by atoms with Gasteiger partial charge in [-0.1, -0.05) is 54.6 Å². The van der Waals surface area contributed by atoms with E-state index in [1.54, 1.807) is 7.05 Å². The van der Waals surface area contributed by atoms with Gasteiger partial charge in [0.05, 0.1) is 6.54 Å². The topological polar surface area (TPSA) is 77.1 Å². The molecule has 1 N–H and O–H groups in total. The summed E-state index contributed by atoms with van der Waals surface area (Å²) in [6.45, 7) is 3.80. The lowest BCUT2D eigenvalue weighted by atomic mass is 10.0. The van der Waals surface area contributed by atoms with Gasteiger partial charge in [0.2, 0.25) is 5.95 Å². The Hall–Kier alpha value is -3.65. The molecule has 2 aromatic carbocycles. The summed E-state index contributed by atoms with van der Waals surface area (Å²) in [5.41, 5.74) is 3.56. The van der Waals surface area contributed by atoms with Crippen LogP contribution in [0.2, 0.25) is 0 Å². The van der Waals surface area contributed by atoms with E-state index in [9.17, 15) is 9.59 Å². The number of benzene rings is 2. The van der Waals surface area contributed by atoms with Crippen molar-refractivity contribution in [2.75, 3.05) is 31.1 Å². The molecule has 3 heterocycles. The molecule has 1 aliphatic heterocycles. The molecule has 0 bridgehead atoms. The Balaban J connectivity index is 1.62. The van der Waals surface area contributed by atoms with E-state index in [0.717, 1.165) is 53.4 Å². The molecule has 32 heavy (non-hydrogen) atoms. The predicted molar refractivity (Wildman–Crippen MR) is 126 cm³/mol. The quantitative estimate of drug-likeness (QED) is 0.532. The van der Waals surface area contributed by atoms with Gasteiger partial charge in [-0.25, -0.2) is 4.79 Å². The Labute approximate surface area is 185 Å². The fourth-order valence-electron chi connectivity index (χ4n) is 4.31. The van der Waals surface area contributed by atoms with Gasteiger partial charge in [0, 0.05) is 40.3 Å². The fraction of sp³-hybridized carbons (Fsp3) is 0.292. The number of piperazine rings is 1. The van der Waals surface area contributed by atoms with Crippen molar-refractivity contribution in [1.82, 2.24) is 24.0 Å². The molecule has 0 spiro atoms. The minimum absolute atomic E-state index is 0.321. The van der Waals surface area contributed by atoms with Gasteiger partial charge in [-0.2, -0.15) is 4.98 Å². The number of nitrogens with one attached hydrogen (secondary N) is 1. The maximum Gasteiger partial charge on any atom is 0.332 e. The first kappa shape index (κ1) is 20.3. The highest BCUT2D eigenvalue weighted by Gasteiger charge is 2.23. The summed E-state index contributed by atoms with van der Waals surface area (Å²) in [4.78, 5) is 32.5. The molecular weight excluding hydrogens is 404 g/mol.